The van der Waals surface area contributed by atoms with Gasteiger partial charge in [0.2, 0.25) is 0 Å². The lowest BCUT2D eigenvalue weighted by Crippen LogP contribution is -2.18. The second-order valence-corrected chi connectivity index (χ2v) is 6.73. The zero-order valence-corrected chi connectivity index (χ0v) is 16.9. The zero-order valence-electron chi connectivity index (χ0n) is 16.2. The van der Waals surface area contributed by atoms with E-state index >= 15 is 0 Å². The number of aryl methyl sites for hydroxylation is 1. The Bertz CT molecular complexity index is 1030. The van der Waals surface area contributed by atoms with E-state index in [1.54, 1.807) is 18.3 Å². The van der Waals surface area contributed by atoms with Gasteiger partial charge in [0.25, 0.3) is 5.91 Å². The second kappa shape index (κ2) is 9.75. The van der Waals surface area contributed by atoms with Gasteiger partial charge in [-0.3, -0.25) is 4.79 Å². The molecule has 148 valence electrons. The Kier molecular flexibility index (Phi) is 6.87. The van der Waals surface area contributed by atoms with Crippen molar-refractivity contribution in [1.29, 1.82) is 0 Å². The van der Waals surface area contributed by atoms with Crippen molar-refractivity contribution in [3.8, 4) is 11.5 Å². The van der Waals surface area contributed by atoms with Gasteiger partial charge in [0.05, 0.1) is 18.9 Å². The monoisotopic (exact) mass is 408 g/mol. The number of hydrogen-bond donors (Lipinski definition) is 1. The first-order chi connectivity index (χ1) is 14.1. The van der Waals surface area contributed by atoms with Crippen LogP contribution in [-0.4, -0.2) is 19.2 Å². The van der Waals surface area contributed by atoms with E-state index in [0.717, 1.165) is 16.7 Å². The van der Waals surface area contributed by atoms with Crippen LogP contribution in [0.15, 0.2) is 71.8 Å². The molecule has 6 heteroatoms. The lowest BCUT2D eigenvalue weighted by molar-refractivity contribution is 0.0952. The molecular weight excluding hydrogens is 388 g/mol. The molecule has 0 spiro atoms. The SMILES string of the molecule is COc1cc(C)ccc1C(=O)N/N=C\c1ccccc1OCc1ccccc1Cl. The van der Waals surface area contributed by atoms with Crippen LogP contribution in [0, 0.1) is 6.92 Å². The molecule has 29 heavy (non-hydrogen) atoms. The van der Waals surface area contributed by atoms with E-state index in [-0.39, 0.29) is 5.91 Å². The predicted molar refractivity (Wildman–Crippen MR) is 115 cm³/mol. The number of halogens is 1. The minimum atomic E-state index is -0.354. The fourth-order valence-corrected chi connectivity index (χ4v) is 2.89. The van der Waals surface area contributed by atoms with Crippen LogP contribution in [-0.2, 0) is 6.61 Å². The number of hydrogen-bond acceptors (Lipinski definition) is 4. The smallest absolute Gasteiger partial charge is 0.275 e. The van der Waals surface area contributed by atoms with E-state index in [1.807, 2.05) is 61.5 Å². The number of nitrogens with zero attached hydrogens (tertiary/aromatic N) is 1. The number of methoxy groups -OCH3 is 1. The van der Waals surface area contributed by atoms with Crippen LogP contribution >= 0.6 is 11.6 Å². The minimum absolute atomic E-state index is 0.331. The number of hydrazone groups is 1. The molecule has 0 aromatic heterocycles. The van der Waals surface area contributed by atoms with Crippen LogP contribution in [0.4, 0.5) is 0 Å². The molecule has 3 rings (SSSR count). The van der Waals surface area contributed by atoms with Gasteiger partial charge in [-0.05, 0) is 42.8 Å². The molecule has 5 nitrogen and oxygen atoms in total. The van der Waals surface area contributed by atoms with Crippen molar-refractivity contribution in [2.24, 2.45) is 5.10 Å². The zero-order chi connectivity index (χ0) is 20.6. The third kappa shape index (κ3) is 5.36. The van der Waals surface area contributed by atoms with Crippen LogP contribution in [0.2, 0.25) is 5.02 Å². The highest BCUT2D eigenvalue weighted by molar-refractivity contribution is 6.31. The fourth-order valence-electron chi connectivity index (χ4n) is 2.70. The number of nitrogens with one attached hydrogen (secondary N) is 1. The van der Waals surface area contributed by atoms with Gasteiger partial charge in [0, 0.05) is 16.1 Å². The van der Waals surface area contributed by atoms with Crippen molar-refractivity contribution in [1.82, 2.24) is 5.43 Å². The number of carbonyl (C=O) groups is 1. The van der Waals surface area contributed by atoms with Gasteiger partial charge in [0.1, 0.15) is 18.1 Å². The number of rotatable bonds is 7. The second-order valence-electron chi connectivity index (χ2n) is 6.32. The molecule has 0 radical (unpaired) electrons. The van der Waals surface area contributed by atoms with Crippen LogP contribution < -0.4 is 14.9 Å². The van der Waals surface area contributed by atoms with E-state index in [1.165, 1.54) is 7.11 Å². The molecule has 0 aliphatic carbocycles. The topological polar surface area (TPSA) is 59.9 Å². The Morgan fingerprint density at radius 1 is 1.07 bits per heavy atom. The Balaban J connectivity index is 1.68. The van der Waals surface area contributed by atoms with Gasteiger partial charge < -0.3 is 9.47 Å². The van der Waals surface area contributed by atoms with Gasteiger partial charge in [-0.25, -0.2) is 5.43 Å². The lowest BCUT2D eigenvalue weighted by Gasteiger charge is -2.10. The maximum atomic E-state index is 12.4. The van der Waals surface area contributed by atoms with E-state index in [0.29, 0.717) is 28.7 Å². The number of carbonyl (C=O) groups excluding carboxylic acids is 1. The molecule has 0 heterocycles. The molecule has 0 atom stereocenters. The summed E-state index contributed by atoms with van der Waals surface area (Å²) < 4.78 is 11.2. The molecule has 3 aromatic rings. The largest absolute Gasteiger partial charge is 0.496 e. The quantitative estimate of drug-likeness (QED) is 0.442. The molecule has 0 bridgehead atoms. The molecule has 0 unspecified atom stereocenters. The van der Waals surface area contributed by atoms with Crippen molar-refractivity contribution >= 4 is 23.7 Å². The van der Waals surface area contributed by atoms with E-state index < -0.39 is 0 Å². The van der Waals surface area contributed by atoms with Crippen molar-refractivity contribution in [3.05, 3.63) is 94.0 Å². The standard InChI is InChI=1S/C23H21ClN2O3/c1-16-11-12-19(22(13-16)28-2)23(27)26-25-14-17-7-4-6-10-21(17)29-15-18-8-3-5-9-20(18)24/h3-14H,15H2,1-2H3,(H,26,27)/b25-14-. The molecule has 0 aliphatic rings. The molecule has 0 fully saturated rings. The number of para-hydroxylation sites is 1. The van der Waals surface area contributed by atoms with E-state index in [9.17, 15) is 4.79 Å². The summed E-state index contributed by atoms with van der Waals surface area (Å²) in [6.45, 7) is 2.26. The van der Waals surface area contributed by atoms with Crippen molar-refractivity contribution in [2.75, 3.05) is 7.11 Å². The fraction of sp³-hybridized carbons (Fsp3) is 0.130. The molecule has 1 N–H and O–H groups in total. The molecular formula is C23H21ClN2O3. The first-order valence-corrected chi connectivity index (χ1v) is 9.39. The van der Waals surface area contributed by atoms with Crippen LogP contribution in [0.5, 0.6) is 11.5 Å². The van der Waals surface area contributed by atoms with Gasteiger partial charge in [-0.1, -0.05) is 48.0 Å². The van der Waals surface area contributed by atoms with Crippen molar-refractivity contribution in [3.63, 3.8) is 0 Å². The number of amides is 1. The highest BCUT2D eigenvalue weighted by atomic mass is 35.5. The summed E-state index contributed by atoms with van der Waals surface area (Å²) in [7, 11) is 1.53. The lowest BCUT2D eigenvalue weighted by atomic mass is 10.1. The average Bonchev–Trinajstić information content (AvgIpc) is 2.73. The van der Waals surface area contributed by atoms with Gasteiger partial charge >= 0.3 is 0 Å². The Morgan fingerprint density at radius 3 is 2.62 bits per heavy atom. The third-order valence-electron chi connectivity index (χ3n) is 4.23. The predicted octanol–water partition coefficient (Wildman–Crippen LogP) is 5.00. The average molecular weight is 409 g/mol. The summed E-state index contributed by atoms with van der Waals surface area (Å²) in [5, 5.41) is 4.71. The highest BCUT2D eigenvalue weighted by Gasteiger charge is 2.11. The molecule has 3 aromatic carbocycles. The molecule has 0 aliphatic heterocycles. The molecule has 0 saturated heterocycles. The van der Waals surface area contributed by atoms with Gasteiger partial charge in [-0.2, -0.15) is 5.10 Å². The van der Waals surface area contributed by atoms with Crippen LogP contribution in [0.25, 0.3) is 0 Å². The van der Waals surface area contributed by atoms with E-state index in [4.69, 9.17) is 21.1 Å². The maximum absolute atomic E-state index is 12.4. The van der Waals surface area contributed by atoms with Gasteiger partial charge in [0.15, 0.2) is 0 Å². The van der Waals surface area contributed by atoms with Crippen molar-refractivity contribution in [2.45, 2.75) is 13.5 Å². The number of ether oxygens (including phenoxy) is 2. The molecule has 0 saturated carbocycles. The summed E-state index contributed by atoms with van der Waals surface area (Å²) in [5.74, 6) is 0.784. The number of benzene rings is 3. The normalized spacial score (nSPS) is 10.7. The van der Waals surface area contributed by atoms with Gasteiger partial charge in [-0.15, -0.1) is 0 Å². The highest BCUT2D eigenvalue weighted by Crippen LogP contribution is 2.21. The summed E-state index contributed by atoms with van der Waals surface area (Å²) >= 11 is 6.18. The summed E-state index contributed by atoms with van der Waals surface area (Å²) in [4.78, 5) is 12.4. The Hall–Kier alpha value is -3.31. The summed E-state index contributed by atoms with van der Waals surface area (Å²) in [5.41, 5.74) is 5.57. The molecule has 1 amide bonds. The first kappa shape index (κ1) is 20.4. The maximum Gasteiger partial charge on any atom is 0.275 e. The Morgan fingerprint density at radius 2 is 1.83 bits per heavy atom. The third-order valence-corrected chi connectivity index (χ3v) is 4.60. The van der Waals surface area contributed by atoms with Crippen molar-refractivity contribution < 1.29 is 14.3 Å². The minimum Gasteiger partial charge on any atom is -0.496 e. The van der Waals surface area contributed by atoms with E-state index in [2.05, 4.69) is 10.5 Å². The van der Waals surface area contributed by atoms with Crippen LogP contribution in [0.1, 0.15) is 27.0 Å². The Labute approximate surface area is 174 Å². The van der Waals surface area contributed by atoms with Crippen LogP contribution in [0.3, 0.4) is 0 Å². The summed E-state index contributed by atoms with van der Waals surface area (Å²) in [6, 6.07) is 20.3. The summed E-state index contributed by atoms with van der Waals surface area (Å²) in [6.07, 6.45) is 1.54. The first-order valence-electron chi connectivity index (χ1n) is 9.02.